The first-order valence-corrected chi connectivity index (χ1v) is 15.4. The molecule has 6 rings (SSSR count). The summed E-state index contributed by atoms with van der Waals surface area (Å²) in [5, 5.41) is 12.9. The van der Waals surface area contributed by atoms with Crippen molar-refractivity contribution < 1.29 is 54.6 Å². The van der Waals surface area contributed by atoms with Gasteiger partial charge in [-0.15, -0.1) is 0 Å². The van der Waals surface area contributed by atoms with Gasteiger partial charge in [-0.2, -0.15) is 0 Å². The van der Waals surface area contributed by atoms with E-state index in [1.165, 1.54) is 33.4 Å². The van der Waals surface area contributed by atoms with Gasteiger partial charge in [0.1, 0.15) is 0 Å². The standard InChI is InChI=1S/C27H25OSi.2ClH.Zr/c1-29(2)24-16-22-20-11-5-3-9-18(20)15-23(22)26(27(24)29)25-19(10-7-13-28)14-17-8-4-6-12-21(17)25;;;/h3-6,8-9,11-12,14-16,25,28H,7,10,13H2,1-2H3;2*1H;/q;;;+2/p-2. The molecular weight excluding hydrogens is 531 g/mol. The molecule has 2 unspecified atom stereocenters. The third-order valence-electron chi connectivity index (χ3n) is 7.43. The minimum absolute atomic E-state index is 0. The molecule has 0 bridgehead atoms. The number of aliphatic hydroxyl groups is 1. The summed E-state index contributed by atoms with van der Waals surface area (Å²) in [4.78, 5) is 0. The summed E-state index contributed by atoms with van der Waals surface area (Å²) in [6, 6.07) is 20.6. The number of rotatable bonds is 4. The fraction of sp³-hybridized carbons (Fsp3) is 0.259. The third kappa shape index (κ3) is 3.31. The Morgan fingerprint density at radius 2 is 1.59 bits per heavy atom. The Balaban J connectivity index is 0.00000122. The van der Waals surface area contributed by atoms with Crippen LogP contribution in [0.25, 0.3) is 17.2 Å². The number of fused-ring (bicyclic) bond motifs is 5. The van der Waals surface area contributed by atoms with Crippen molar-refractivity contribution >= 4 is 24.5 Å². The summed E-state index contributed by atoms with van der Waals surface area (Å²) in [6.07, 6.45) is 4.24. The Hall–Kier alpha value is -0.960. The molecule has 2 aliphatic carbocycles. The smallest absolute Gasteiger partial charge is 1.00 e. The van der Waals surface area contributed by atoms with E-state index in [9.17, 15) is 5.11 Å². The minimum Gasteiger partial charge on any atom is -1.00 e. The van der Waals surface area contributed by atoms with E-state index < -0.39 is 8.07 Å². The van der Waals surface area contributed by atoms with Crippen molar-refractivity contribution in [1.82, 2.24) is 0 Å². The summed E-state index contributed by atoms with van der Waals surface area (Å²) in [7, 11) is -1.45. The summed E-state index contributed by atoms with van der Waals surface area (Å²) in [5.41, 5.74) is 12.1. The van der Waals surface area contributed by atoms with Gasteiger partial charge in [-0.3, -0.25) is 0 Å². The molecule has 2 atom stereocenters. The largest absolute Gasteiger partial charge is 1.00 e. The molecule has 0 fully saturated rings. The molecule has 0 saturated carbocycles. The van der Waals surface area contributed by atoms with Crippen LogP contribution in [0, 0.1) is 0 Å². The van der Waals surface area contributed by atoms with Crippen LogP contribution in [0.1, 0.15) is 50.2 Å². The van der Waals surface area contributed by atoms with Crippen molar-refractivity contribution in [2.24, 2.45) is 0 Å². The van der Waals surface area contributed by atoms with Crippen LogP contribution in [0.5, 0.6) is 0 Å². The van der Waals surface area contributed by atoms with Gasteiger partial charge in [0.2, 0.25) is 0 Å². The minimum atomic E-state index is -1.45. The summed E-state index contributed by atoms with van der Waals surface area (Å²) >= 11 is 1.58. The Labute approximate surface area is 219 Å². The van der Waals surface area contributed by atoms with Crippen LogP contribution in [0.2, 0.25) is 13.1 Å². The number of allylic oxidation sites excluding steroid dienone is 1. The van der Waals surface area contributed by atoms with Crippen LogP contribution in [-0.2, 0) is 24.7 Å². The van der Waals surface area contributed by atoms with Gasteiger partial charge in [0, 0.05) is 0 Å². The van der Waals surface area contributed by atoms with E-state index in [4.69, 9.17) is 0 Å². The van der Waals surface area contributed by atoms with Crippen molar-refractivity contribution in [2.45, 2.75) is 35.5 Å². The van der Waals surface area contributed by atoms with Crippen LogP contribution in [0.4, 0.5) is 0 Å². The molecule has 1 N–H and O–H groups in total. The van der Waals surface area contributed by atoms with E-state index in [0.717, 1.165) is 12.8 Å². The number of hydrogen-bond acceptors (Lipinski definition) is 1. The second-order valence-corrected chi connectivity index (χ2v) is 15.1. The van der Waals surface area contributed by atoms with Gasteiger partial charge in [-0.25, -0.2) is 0 Å². The van der Waals surface area contributed by atoms with Crippen molar-refractivity contribution in [3.05, 3.63) is 88.0 Å². The van der Waals surface area contributed by atoms with Gasteiger partial charge in [0.15, 0.2) is 0 Å². The monoisotopic (exact) mass is 553 g/mol. The van der Waals surface area contributed by atoms with Gasteiger partial charge in [0.05, 0.1) is 0 Å². The average Bonchev–Trinajstić information content (AvgIpc) is 3.03. The second kappa shape index (κ2) is 8.67. The van der Waals surface area contributed by atoms with E-state index in [1.807, 2.05) is 0 Å². The number of halogens is 2. The van der Waals surface area contributed by atoms with Crippen molar-refractivity contribution in [3.63, 3.8) is 0 Å². The molecule has 0 saturated heterocycles. The maximum Gasteiger partial charge on any atom is -1.00 e. The van der Waals surface area contributed by atoms with Gasteiger partial charge in [0.25, 0.3) is 0 Å². The first-order valence-electron chi connectivity index (χ1n) is 11.0. The SMILES string of the molecule is C[Si]1(C)c2cc3c(c(C4C(CCCO)=Cc5ccccc54)c21)[CH]([Zr+2])c1ccccc1-3.[Cl-].[Cl-]. The Morgan fingerprint density at radius 3 is 2.34 bits per heavy atom. The fourth-order valence-corrected chi connectivity index (χ4v) is 10.7. The molecule has 0 amide bonds. The molecule has 3 aromatic rings. The molecule has 3 aliphatic rings. The molecule has 0 aromatic heterocycles. The molecule has 3 aromatic carbocycles. The zero-order valence-electron chi connectivity index (χ0n) is 18.3. The summed E-state index contributed by atoms with van der Waals surface area (Å²) in [5.74, 6) is 0.364. The van der Waals surface area contributed by atoms with Crippen LogP contribution >= 0.6 is 0 Å². The summed E-state index contributed by atoms with van der Waals surface area (Å²) in [6.45, 7) is 5.31. The Bertz CT molecular complexity index is 1250. The first kappa shape index (κ1) is 24.2. The van der Waals surface area contributed by atoms with Crippen LogP contribution in [-0.4, -0.2) is 19.8 Å². The van der Waals surface area contributed by atoms with Crippen molar-refractivity contribution in [1.29, 1.82) is 0 Å². The molecule has 1 nitrogen and oxygen atoms in total. The molecule has 161 valence electrons. The first-order chi connectivity index (χ1) is 14.5. The normalized spacial score (nSPS) is 20.2. The molecule has 0 radical (unpaired) electrons. The molecule has 1 heterocycles. The van der Waals surface area contributed by atoms with E-state index >= 15 is 0 Å². The topological polar surface area (TPSA) is 20.2 Å². The van der Waals surface area contributed by atoms with Crippen molar-refractivity contribution in [3.8, 4) is 11.1 Å². The molecule has 5 heteroatoms. The van der Waals surface area contributed by atoms with Crippen LogP contribution in [0.3, 0.4) is 0 Å². The molecule has 32 heavy (non-hydrogen) atoms. The second-order valence-electron chi connectivity index (χ2n) is 9.43. The maximum atomic E-state index is 9.55. The fourth-order valence-electron chi connectivity index (χ4n) is 5.95. The number of hydrogen-bond donors (Lipinski definition) is 1. The van der Waals surface area contributed by atoms with Gasteiger partial charge >= 0.3 is 196 Å². The zero-order valence-corrected chi connectivity index (χ0v) is 23.2. The van der Waals surface area contributed by atoms with Gasteiger partial charge in [-0.05, 0) is 0 Å². The third-order valence-corrected chi connectivity index (χ3v) is 12.2. The van der Waals surface area contributed by atoms with Gasteiger partial charge < -0.3 is 24.8 Å². The van der Waals surface area contributed by atoms with E-state index in [-0.39, 0.29) is 31.4 Å². The Morgan fingerprint density at radius 1 is 0.906 bits per heavy atom. The molecule has 1 aliphatic heterocycles. The van der Waals surface area contributed by atoms with Crippen LogP contribution < -0.4 is 35.2 Å². The quantitative estimate of drug-likeness (QED) is 0.399. The van der Waals surface area contributed by atoms with E-state index in [0.29, 0.717) is 9.54 Å². The zero-order chi connectivity index (χ0) is 20.6. The predicted molar refractivity (Wildman–Crippen MR) is 123 cm³/mol. The van der Waals surface area contributed by atoms with E-state index in [1.54, 1.807) is 46.2 Å². The van der Waals surface area contributed by atoms with Crippen LogP contribution in [0.15, 0.2) is 60.2 Å². The molecule has 0 spiro atoms. The maximum absolute atomic E-state index is 9.55. The number of benzene rings is 3. The van der Waals surface area contributed by atoms with Gasteiger partial charge in [-0.1, -0.05) is 0 Å². The Kier molecular flexibility index (Phi) is 6.55. The molecular formula is C27H25Cl2OSiZr. The summed E-state index contributed by atoms with van der Waals surface area (Å²) < 4.78 is 0.529. The average molecular weight is 556 g/mol. The van der Waals surface area contributed by atoms with Crippen molar-refractivity contribution in [2.75, 3.05) is 6.61 Å². The predicted octanol–water partition coefficient (Wildman–Crippen LogP) is -1.25. The van der Waals surface area contributed by atoms with E-state index in [2.05, 4.69) is 73.8 Å². The number of aliphatic hydroxyl groups excluding tert-OH is 1.